The molecule has 0 aromatic heterocycles. The molecule has 0 aromatic carbocycles. The van der Waals surface area contributed by atoms with Crippen molar-refractivity contribution in [2.75, 3.05) is 26.4 Å². The van der Waals surface area contributed by atoms with Crippen LogP contribution in [0.4, 0.5) is 4.79 Å². The molecule has 2 saturated heterocycles. The highest BCUT2D eigenvalue weighted by Crippen LogP contribution is 2.33. The minimum Gasteiger partial charge on any atom is -0.463 e. The number of fused-ring (bicyclic) bond motifs is 1. The minimum atomic E-state index is -0.726. The van der Waals surface area contributed by atoms with Crippen LogP contribution in [0.3, 0.4) is 0 Å². The Labute approximate surface area is 228 Å². The summed E-state index contributed by atoms with van der Waals surface area (Å²) in [5.74, 6) is -1.32. The molecule has 0 unspecified atom stereocenters. The van der Waals surface area contributed by atoms with Crippen molar-refractivity contribution >= 4 is 24.1 Å². The van der Waals surface area contributed by atoms with Gasteiger partial charge in [-0.05, 0) is 70.6 Å². The molecule has 4 rings (SSSR count). The van der Waals surface area contributed by atoms with Gasteiger partial charge in [0.25, 0.3) is 0 Å². The van der Waals surface area contributed by atoms with Crippen molar-refractivity contribution in [2.45, 2.75) is 101 Å². The van der Waals surface area contributed by atoms with E-state index in [-0.39, 0.29) is 67.5 Å². The van der Waals surface area contributed by atoms with E-state index in [0.717, 1.165) is 12.5 Å². The van der Waals surface area contributed by atoms with Gasteiger partial charge in [-0.3, -0.25) is 9.59 Å². The quantitative estimate of drug-likeness (QED) is 0.162. The number of unbranched alkanes of at least 4 members (excludes halogenated alkanes) is 1. The van der Waals surface area contributed by atoms with E-state index < -0.39 is 12.1 Å². The fourth-order valence-corrected chi connectivity index (χ4v) is 5.63. The van der Waals surface area contributed by atoms with E-state index in [0.29, 0.717) is 77.4 Å². The van der Waals surface area contributed by atoms with Gasteiger partial charge in [-0.15, -0.1) is 0 Å². The lowest BCUT2D eigenvalue weighted by atomic mass is 9.86. The van der Waals surface area contributed by atoms with Crippen LogP contribution < -0.4 is 0 Å². The highest BCUT2D eigenvalue weighted by molar-refractivity contribution is 5.81. The molecule has 0 radical (unpaired) electrons. The van der Waals surface area contributed by atoms with Gasteiger partial charge in [0.15, 0.2) is 6.10 Å². The predicted octanol–water partition coefficient (Wildman–Crippen LogP) is 3.41. The maximum Gasteiger partial charge on any atom is 0.508 e. The van der Waals surface area contributed by atoms with Crippen molar-refractivity contribution < 1.29 is 52.3 Å². The van der Waals surface area contributed by atoms with Crippen molar-refractivity contribution in [2.24, 2.45) is 11.8 Å². The molecule has 3 atom stereocenters. The smallest absolute Gasteiger partial charge is 0.463 e. The Morgan fingerprint density at radius 3 is 1.95 bits per heavy atom. The van der Waals surface area contributed by atoms with E-state index in [1.807, 2.05) is 0 Å². The number of esters is 3. The first-order valence-corrected chi connectivity index (χ1v) is 14.2. The average Bonchev–Trinajstić information content (AvgIpc) is 3.56. The number of hydrogen-bond acceptors (Lipinski definition) is 11. The van der Waals surface area contributed by atoms with E-state index in [2.05, 4.69) is 6.58 Å². The second kappa shape index (κ2) is 14.6. The molecule has 2 aliphatic heterocycles. The van der Waals surface area contributed by atoms with Crippen LogP contribution in [0.1, 0.15) is 70.6 Å². The van der Waals surface area contributed by atoms with Crippen molar-refractivity contribution in [3.63, 3.8) is 0 Å². The molecule has 4 aliphatic rings. The number of carbonyl (C=O) groups excluding carboxylic acids is 4. The van der Waals surface area contributed by atoms with Gasteiger partial charge in [-0.2, -0.15) is 0 Å². The third-order valence-corrected chi connectivity index (χ3v) is 7.92. The maximum atomic E-state index is 12.7. The number of carbonyl (C=O) groups is 4. The van der Waals surface area contributed by atoms with Gasteiger partial charge in [0.1, 0.15) is 18.3 Å². The molecular formula is C28H40O11. The summed E-state index contributed by atoms with van der Waals surface area (Å²) in [7, 11) is 0. The van der Waals surface area contributed by atoms with E-state index >= 15 is 0 Å². The van der Waals surface area contributed by atoms with Crippen LogP contribution in [0.15, 0.2) is 12.7 Å². The summed E-state index contributed by atoms with van der Waals surface area (Å²) in [5.41, 5.74) is 0. The normalized spacial score (nSPS) is 31.9. The molecule has 0 spiro atoms. The first-order valence-electron chi connectivity index (χ1n) is 14.2. The van der Waals surface area contributed by atoms with E-state index in [1.54, 1.807) is 0 Å². The average molecular weight is 553 g/mol. The Kier molecular flexibility index (Phi) is 11.0. The van der Waals surface area contributed by atoms with Crippen LogP contribution in [0, 0.1) is 11.8 Å². The third-order valence-electron chi connectivity index (χ3n) is 7.92. The zero-order valence-corrected chi connectivity index (χ0v) is 22.4. The largest absolute Gasteiger partial charge is 0.508 e. The summed E-state index contributed by atoms with van der Waals surface area (Å²) in [6.45, 7) is 4.76. The Hall–Kier alpha value is -2.66. The van der Waals surface area contributed by atoms with E-state index in [4.69, 9.17) is 33.2 Å². The monoisotopic (exact) mass is 552 g/mol. The van der Waals surface area contributed by atoms with Gasteiger partial charge in [-0.25, -0.2) is 9.59 Å². The van der Waals surface area contributed by atoms with Crippen LogP contribution in [0.25, 0.3) is 0 Å². The Balaban J connectivity index is 1.05. The number of rotatable bonds is 11. The first kappa shape index (κ1) is 29.3. The van der Waals surface area contributed by atoms with Crippen LogP contribution in [0.2, 0.25) is 0 Å². The fourth-order valence-electron chi connectivity index (χ4n) is 5.63. The van der Waals surface area contributed by atoms with Gasteiger partial charge in [0.2, 0.25) is 0 Å². The maximum absolute atomic E-state index is 12.7. The van der Waals surface area contributed by atoms with Gasteiger partial charge in [-0.1, -0.05) is 6.58 Å². The number of ether oxygens (including phenoxy) is 7. The summed E-state index contributed by atoms with van der Waals surface area (Å²) in [4.78, 5) is 48.2. The Morgan fingerprint density at radius 1 is 0.718 bits per heavy atom. The molecule has 11 nitrogen and oxygen atoms in total. The molecule has 11 heteroatoms. The zero-order valence-electron chi connectivity index (χ0n) is 22.4. The Bertz CT molecular complexity index is 858. The van der Waals surface area contributed by atoms with Gasteiger partial charge in [0, 0.05) is 12.7 Å². The molecule has 4 fully saturated rings. The summed E-state index contributed by atoms with van der Waals surface area (Å²) in [6.07, 6.45) is 6.24. The summed E-state index contributed by atoms with van der Waals surface area (Å²) in [6, 6.07) is 0. The molecule has 0 amide bonds. The highest BCUT2D eigenvalue weighted by atomic mass is 16.7. The van der Waals surface area contributed by atoms with Crippen LogP contribution in [-0.4, -0.2) is 81.0 Å². The Morgan fingerprint density at radius 2 is 1.31 bits per heavy atom. The second-order valence-corrected chi connectivity index (χ2v) is 10.7. The molecule has 0 bridgehead atoms. The lowest BCUT2D eigenvalue weighted by Crippen LogP contribution is -2.36. The summed E-state index contributed by atoms with van der Waals surface area (Å²) < 4.78 is 38.1. The fraction of sp³-hybridized carbons (Fsp3) is 0.786. The molecule has 39 heavy (non-hydrogen) atoms. The summed E-state index contributed by atoms with van der Waals surface area (Å²) in [5, 5.41) is 0. The van der Waals surface area contributed by atoms with Crippen LogP contribution in [-0.2, 0) is 47.5 Å². The van der Waals surface area contributed by atoms with Gasteiger partial charge in [0.05, 0.1) is 37.8 Å². The van der Waals surface area contributed by atoms with Gasteiger partial charge >= 0.3 is 24.1 Å². The minimum absolute atomic E-state index is 0.0339. The van der Waals surface area contributed by atoms with Crippen molar-refractivity contribution in [1.29, 1.82) is 0 Å². The SMILES string of the molecule is C=CC(=O)OCCCCOC(=O)OC1CCC(C(=O)OC2CCC(C(=O)O[C@@H]3CO[C@@H]4CCO[C@@H]43)CC2)CC1. The van der Waals surface area contributed by atoms with Crippen LogP contribution >= 0.6 is 0 Å². The standard InChI is InChI=1S/C28H40O11/c1-2-24(29)33-14-3-4-15-35-28(32)38-21-11-7-18(8-12-21)26(30)37-20-9-5-19(6-10-20)27(31)39-23-17-36-22-13-16-34-25(22)23/h2,18-23,25H,1,3-17H2/t18?,19?,20?,21?,22-,23-,25+/m1/s1. The van der Waals surface area contributed by atoms with E-state index in [1.165, 1.54) is 0 Å². The van der Waals surface area contributed by atoms with Crippen molar-refractivity contribution in [3.05, 3.63) is 12.7 Å². The van der Waals surface area contributed by atoms with Gasteiger partial charge < -0.3 is 33.2 Å². The lowest BCUT2D eigenvalue weighted by molar-refractivity contribution is -0.163. The van der Waals surface area contributed by atoms with Crippen LogP contribution in [0.5, 0.6) is 0 Å². The molecule has 0 aromatic rings. The van der Waals surface area contributed by atoms with E-state index in [9.17, 15) is 19.2 Å². The van der Waals surface area contributed by atoms with Crippen molar-refractivity contribution in [3.8, 4) is 0 Å². The topological polar surface area (TPSA) is 133 Å². The second-order valence-electron chi connectivity index (χ2n) is 10.7. The molecule has 2 aliphatic carbocycles. The molecular weight excluding hydrogens is 512 g/mol. The molecule has 218 valence electrons. The third kappa shape index (κ3) is 8.66. The zero-order chi connectivity index (χ0) is 27.6. The molecule has 2 saturated carbocycles. The predicted molar refractivity (Wildman–Crippen MR) is 134 cm³/mol. The summed E-state index contributed by atoms with van der Waals surface area (Å²) >= 11 is 0. The van der Waals surface area contributed by atoms with Crippen molar-refractivity contribution in [1.82, 2.24) is 0 Å². The lowest BCUT2D eigenvalue weighted by Gasteiger charge is -2.31. The first-order chi connectivity index (χ1) is 18.9. The number of hydrogen-bond donors (Lipinski definition) is 0. The molecule has 0 N–H and O–H groups in total. The molecule has 2 heterocycles. The highest BCUT2D eigenvalue weighted by Gasteiger charge is 2.45.